The van der Waals surface area contributed by atoms with Crippen molar-refractivity contribution in [2.45, 2.75) is 33.4 Å². The van der Waals surface area contributed by atoms with E-state index in [-0.39, 0.29) is 0 Å². The van der Waals surface area contributed by atoms with Crippen molar-refractivity contribution in [2.75, 3.05) is 0 Å². The molecule has 90 valence electrons. The molecule has 0 spiro atoms. The van der Waals surface area contributed by atoms with Crippen LogP contribution in [0.25, 0.3) is 0 Å². The molecule has 0 aliphatic carbocycles. The number of benzene rings is 1. The number of hydrogen-bond acceptors (Lipinski definition) is 2. The largest absolute Gasteiger partial charge is 0.348 e. The average molecular weight is 229 g/mol. The maximum Gasteiger partial charge on any atom is 0.0925 e. The third-order valence-corrected chi connectivity index (χ3v) is 3.09. The Bertz CT molecular complexity index is 470. The van der Waals surface area contributed by atoms with Gasteiger partial charge >= 0.3 is 0 Å². The van der Waals surface area contributed by atoms with Crippen molar-refractivity contribution in [3.63, 3.8) is 0 Å². The van der Waals surface area contributed by atoms with E-state index in [1.54, 1.807) is 6.33 Å². The summed E-state index contributed by atoms with van der Waals surface area (Å²) in [6.45, 7) is 7.12. The number of aryl methyl sites for hydroxylation is 2. The Morgan fingerprint density at radius 1 is 1.24 bits per heavy atom. The molecule has 0 amide bonds. The predicted molar refractivity (Wildman–Crippen MR) is 69.8 cm³/mol. The second kappa shape index (κ2) is 5.15. The molecule has 1 aromatic carbocycles. The molecule has 3 heteroatoms. The first-order valence-corrected chi connectivity index (χ1v) is 5.95. The standard InChI is InChI=1S/C14H19N3/c1-10-4-6-13(7-5-10)11(2)15-8-14-12(3)16-9-17-14/h4-7,9,11,15H,8H2,1-3H3,(H,16,17)/t11-/m1/s1. The van der Waals surface area contributed by atoms with Gasteiger partial charge in [0.05, 0.1) is 12.0 Å². The summed E-state index contributed by atoms with van der Waals surface area (Å²) < 4.78 is 0. The van der Waals surface area contributed by atoms with E-state index in [1.165, 1.54) is 11.1 Å². The van der Waals surface area contributed by atoms with E-state index < -0.39 is 0 Å². The van der Waals surface area contributed by atoms with Crippen LogP contribution in [0.1, 0.15) is 35.5 Å². The number of nitrogens with zero attached hydrogens (tertiary/aromatic N) is 1. The van der Waals surface area contributed by atoms with Crippen molar-refractivity contribution in [3.8, 4) is 0 Å². The highest BCUT2D eigenvalue weighted by molar-refractivity contribution is 5.23. The number of hydrogen-bond donors (Lipinski definition) is 2. The molecule has 0 aliphatic rings. The fourth-order valence-corrected chi connectivity index (χ4v) is 1.79. The molecule has 2 N–H and O–H groups in total. The summed E-state index contributed by atoms with van der Waals surface area (Å²) in [6, 6.07) is 8.97. The predicted octanol–water partition coefficient (Wildman–Crippen LogP) is 2.88. The van der Waals surface area contributed by atoms with E-state index >= 15 is 0 Å². The third-order valence-electron chi connectivity index (χ3n) is 3.09. The van der Waals surface area contributed by atoms with Gasteiger partial charge in [0, 0.05) is 18.3 Å². The van der Waals surface area contributed by atoms with Gasteiger partial charge in [-0.15, -0.1) is 0 Å². The molecule has 0 fully saturated rings. The van der Waals surface area contributed by atoms with E-state index in [0.717, 1.165) is 17.9 Å². The Hall–Kier alpha value is -1.61. The van der Waals surface area contributed by atoms with Gasteiger partial charge in [0.1, 0.15) is 0 Å². The Kier molecular flexibility index (Phi) is 3.59. The fourth-order valence-electron chi connectivity index (χ4n) is 1.79. The summed E-state index contributed by atoms with van der Waals surface area (Å²) in [7, 11) is 0. The van der Waals surface area contributed by atoms with E-state index in [0.29, 0.717) is 6.04 Å². The molecule has 0 aliphatic heterocycles. The minimum Gasteiger partial charge on any atom is -0.348 e. The topological polar surface area (TPSA) is 40.7 Å². The average Bonchev–Trinajstić information content (AvgIpc) is 2.73. The molecule has 17 heavy (non-hydrogen) atoms. The Balaban J connectivity index is 1.95. The Labute approximate surface area is 102 Å². The molecule has 0 bridgehead atoms. The van der Waals surface area contributed by atoms with Gasteiger partial charge in [-0.25, -0.2) is 4.98 Å². The number of aromatic amines is 1. The van der Waals surface area contributed by atoms with Crippen LogP contribution in [-0.2, 0) is 6.54 Å². The number of rotatable bonds is 4. The Morgan fingerprint density at radius 2 is 1.94 bits per heavy atom. The summed E-state index contributed by atoms with van der Waals surface area (Å²) in [5.41, 5.74) is 4.82. The van der Waals surface area contributed by atoms with Crippen LogP contribution in [0, 0.1) is 13.8 Å². The summed E-state index contributed by atoms with van der Waals surface area (Å²) in [5, 5.41) is 3.48. The highest BCUT2D eigenvalue weighted by atomic mass is 15.0. The SMILES string of the molecule is Cc1ccc([C@@H](C)NCc2nc[nH]c2C)cc1. The van der Waals surface area contributed by atoms with Crippen molar-refractivity contribution in [2.24, 2.45) is 0 Å². The van der Waals surface area contributed by atoms with Crippen LogP contribution in [-0.4, -0.2) is 9.97 Å². The first-order valence-electron chi connectivity index (χ1n) is 5.95. The molecule has 2 aromatic rings. The Morgan fingerprint density at radius 3 is 2.53 bits per heavy atom. The third kappa shape index (κ3) is 2.94. The molecule has 0 radical (unpaired) electrons. The van der Waals surface area contributed by atoms with E-state index in [9.17, 15) is 0 Å². The lowest BCUT2D eigenvalue weighted by molar-refractivity contribution is 0.567. The quantitative estimate of drug-likeness (QED) is 0.846. The maximum atomic E-state index is 4.28. The van der Waals surface area contributed by atoms with Gasteiger partial charge in [0.2, 0.25) is 0 Å². The van der Waals surface area contributed by atoms with Gasteiger partial charge in [-0.1, -0.05) is 29.8 Å². The minimum absolute atomic E-state index is 0.340. The normalized spacial score (nSPS) is 12.6. The van der Waals surface area contributed by atoms with Gasteiger partial charge in [-0.05, 0) is 26.3 Å². The van der Waals surface area contributed by atoms with Crippen molar-refractivity contribution in [1.82, 2.24) is 15.3 Å². The van der Waals surface area contributed by atoms with Gasteiger partial charge in [-0.3, -0.25) is 0 Å². The van der Waals surface area contributed by atoms with Crippen LogP contribution in [0.15, 0.2) is 30.6 Å². The molecule has 0 saturated heterocycles. The number of nitrogens with one attached hydrogen (secondary N) is 2. The molecule has 0 unspecified atom stereocenters. The fraction of sp³-hybridized carbons (Fsp3) is 0.357. The number of aromatic nitrogens is 2. The van der Waals surface area contributed by atoms with E-state index in [4.69, 9.17) is 0 Å². The van der Waals surface area contributed by atoms with Crippen molar-refractivity contribution in [1.29, 1.82) is 0 Å². The van der Waals surface area contributed by atoms with Crippen molar-refractivity contribution >= 4 is 0 Å². The summed E-state index contributed by atoms with van der Waals surface area (Å²) in [4.78, 5) is 7.37. The number of H-pyrrole nitrogens is 1. The summed E-state index contributed by atoms with van der Waals surface area (Å²) in [5.74, 6) is 0. The van der Waals surface area contributed by atoms with Crippen LogP contribution in [0.2, 0.25) is 0 Å². The lowest BCUT2D eigenvalue weighted by atomic mass is 10.1. The van der Waals surface area contributed by atoms with E-state index in [1.807, 2.05) is 6.92 Å². The molecule has 3 nitrogen and oxygen atoms in total. The van der Waals surface area contributed by atoms with Crippen LogP contribution >= 0.6 is 0 Å². The monoisotopic (exact) mass is 229 g/mol. The van der Waals surface area contributed by atoms with Gasteiger partial charge in [0.25, 0.3) is 0 Å². The van der Waals surface area contributed by atoms with Gasteiger partial charge < -0.3 is 10.3 Å². The lowest BCUT2D eigenvalue weighted by Gasteiger charge is -2.13. The highest BCUT2D eigenvalue weighted by Crippen LogP contribution is 2.13. The van der Waals surface area contributed by atoms with Crippen molar-refractivity contribution < 1.29 is 0 Å². The van der Waals surface area contributed by atoms with Gasteiger partial charge in [-0.2, -0.15) is 0 Å². The maximum absolute atomic E-state index is 4.28. The molecule has 1 aromatic heterocycles. The zero-order valence-corrected chi connectivity index (χ0v) is 10.6. The molecule has 1 atom stereocenters. The second-order valence-electron chi connectivity index (χ2n) is 4.49. The molecular formula is C14H19N3. The van der Waals surface area contributed by atoms with Crippen LogP contribution < -0.4 is 5.32 Å². The lowest BCUT2D eigenvalue weighted by Crippen LogP contribution is -2.18. The minimum atomic E-state index is 0.340. The summed E-state index contributed by atoms with van der Waals surface area (Å²) >= 11 is 0. The van der Waals surface area contributed by atoms with Crippen LogP contribution in [0.4, 0.5) is 0 Å². The van der Waals surface area contributed by atoms with Crippen LogP contribution in [0.5, 0.6) is 0 Å². The smallest absolute Gasteiger partial charge is 0.0925 e. The highest BCUT2D eigenvalue weighted by Gasteiger charge is 2.06. The van der Waals surface area contributed by atoms with Gasteiger partial charge in [0.15, 0.2) is 0 Å². The molecule has 0 saturated carbocycles. The molecular weight excluding hydrogens is 210 g/mol. The van der Waals surface area contributed by atoms with Crippen LogP contribution in [0.3, 0.4) is 0 Å². The molecule has 1 heterocycles. The second-order valence-corrected chi connectivity index (χ2v) is 4.49. The zero-order valence-electron chi connectivity index (χ0n) is 10.6. The van der Waals surface area contributed by atoms with Crippen molar-refractivity contribution in [3.05, 3.63) is 53.1 Å². The first kappa shape index (κ1) is 11.9. The molecule has 2 rings (SSSR count). The number of imidazole rings is 1. The first-order chi connectivity index (χ1) is 8.16. The van der Waals surface area contributed by atoms with E-state index in [2.05, 4.69) is 53.4 Å². The summed E-state index contributed by atoms with van der Waals surface area (Å²) in [6.07, 6.45) is 1.74. The zero-order chi connectivity index (χ0) is 12.3.